The lowest BCUT2D eigenvalue weighted by molar-refractivity contribution is 0.0525. The van der Waals surface area contributed by atoms with Gasteiger partial charge in [0.2, 0.25) is 0 Å². The molecule has 4 nitrogen and oxygen atoms in total. The molecule has 0 aromatic heterocycles. The molecule has 2 rings (SSSR count). The van der Waals surface area contributed by atoms with Gasteiger partial charge in [0, 0.05) is 5.69 Å². The Morgan fingerprint density at radius 2 is 1.90 bits per heavy atom. The van der Waals surface area contributed by atoms with Gasteiger partial charge in [0.15, 0.2) is 0 Å². The Bertz CT molecular complexity index is 609. The van der Waals surface area contributed by atoms with E-state index in [1.54, 1.807) is 19.9 Å². The summed E-state index contributed by atoms with van der Waals surface area (Å²) in [5.41, 5.74) is 2.46. The first kappa shape index (κ1) is 13.9. The number of carbonyl (C=O) groups is 1. The van der Waals surface area contributed by atoms with Crippen LogP contribution >= 0.6 is 0 Å². The van der Waals surface area contributed by atoms with Gasteiger partial charge in [0.1, 0.15) is 5.75 Å². The molecule has 2 aromatic rings. The van der Waals surface area contributed by atoms with Gasteiger partial charge in [-0.2, -0.15) is 0 Å². The number of benzene rings is 2. The maximum atomic E-state index is 11.8. The third-order valence-electron chi connectivity index (χ3n) is 2.98. The van der Waals surface area contributed by atoms with Crippen molar-refractivity contribution < 1.29 is 14.6 Å². The molecule has 2 aromatic carbocycles. The fourth-order valence-corrected chi connectivity index (χ4v) is 1.95. The predicted molar refractivity (Wildman–Crippen MR) is 78.5 cm³/mol. The second-order valence-electron chi connectivity index (χ2n) is 4.34. The van der Waals surface area contributed by atoms with E-state index in [0.29, 0.717) is 23.4 Å². The molecule has 0 amide bonds. The van der Waals surface area contributed by atoms with Crippen molar-refractivity contribution in [3.8, 4) is 5.75 Å². The molecule has 0 bridgehead atoms. The van der Waals surface area contributed by atoms with Crippen LogP contribution in [0.3, 0.4) is 0 Å². The van der Waals surface area contributed by atoms with Gasteiger partial charge < -0.3 is 15.2 Å². The van der Waals surface area contributed by atoms with E-state index in [1.807, 2.05) is 30.3 Å². The Kier molecular flexibility index (Phi) is 4.25. The molecular formula is C16H17NO3. The molecule has 0 atom stereocenters. The number of esters is 1. The van der Waals surface area contributed by atoms with Crippen LogP contribution in [-0.2, 0) is 4.74 Å². The van der Waals surface area contributed by atoms with Gasteiger partial charge in [-0.05, 0) is 43.7 Å². The van der Waals surface area contributed by atoms with E-state index >= 15 is 0 Å². The van der Waals surface area contributed by atoms with E-state index < -0.39 is 0 Å². The molecule has 0 unspecified atom stereocenters. The second-order valence-corrected chi connectivity index (χ2v) is 4.34. The van der Waals surface area contributed by atoms with Crippen LogP contribution in [0.25, 0.3) is 0 Å². The SMILES string of the molecule is CCOC(=O)c1ccc(O)c(Nc2ccccc2)c1C. The van der Waals surface area contributed by atoms with Gasteiger partial charge in [-0.3, -0.25) is 0 Å². The van der Waals surface area contributed by atoms with Crippen LogP contribution in [0.2, 0.25) is 0 Å². The highest BCUT2D eigenvalue weighted by Gasteiger charge is 2.15. The summed E-state index contributed by atoms with van der Waals surface area (Å²) in [6.45, 7) is 3.86. The average Bonchev–Trinajstić information content (AvgIpc) is 2.45. The second kappa shape index (κ2) is 6.10. The first-order valence-electron chi connectivity index (χ1n) is 6.45. The van der Waals surface area contributed by atoms with Gasteiger partial charge in [-0.25, -0.2) is 4.79 Å². The molecule has 4 heteroatoms. The van der Waals surface area contributed by atoms with Crippen LogP contribution in [0.15, 0.2) is 42.5 Å². The number of hydrogen-bond acceptors (Lipinski definition) is 4. The normalized spacial score (nSPS) is 10.1. The summed E-state index contributed by atoms with van der Waals surface area (Å²) in [5, 5.41) is 13.1. The number of para-hydroxylation sites is 1. The Labute approximate surface area is 118 Å². The molecule has 0 aliphatic heterocycles. The third-order valence-corrected chi connectivity index (χ3v) is 2.98. The van der Waals surface area contributed by atoms with E-state index in [-0.39, 0.29) is 11.7 Å². The van der Waals surface area contributed by atoms with Crippen molar-refractivity contribution in [2.24, 2.45) is 0 Å². The number of hydrogen-bond donors (Lipinski definition) is 2. The fourth-order valence-electron chi connectivity index (χ4n) is 1.95. The van der Waals surface area contributed by atoms with Gasteiger partial charge in [0.05, 0.1) is 17.9 Å². The van der Waals surface area contributed by atoms with Gasteiger partial charge >= 0.3 is 5.97 Å². The van der Waals surface area contributed by atoms with E-state index in [2.05, 4.69) is 5.32 Å². The van der Waals surface area contributed by atoms with Gasteiger partial charge in [-0.15, -0.1) is 0 Å². The summed E-state index contributed by atoms with van der Waals surface area (Å²) in [6, 6.07) is 12.5. The number of carbonyl (C=O) groups excluding carboxylic acids is 1. The zero-order valence-electron chi connectivity index (χ0n) is 11.5. The quantitative estimate of drug-likeness (QED) is 0.658. The zero-order valence-corrected chi connectivity index (χ0v) is 11.5. The summed E-state index contributed by atoms with van der Waals surface area (Å²) in [5.74, 6) is -0.291. The first-order valence-corrected chi connectivity index (χ1v) is 6.45. The minimum Gasteiger partial charge on any atom is -0.506 e. The van der Waals surface area contributed by atoms with Crippen LogP contribution in [0.1, 0.15) is 22.8 Å². The highest BCUT2D eigenvalue weighted by atomic mass is 16.5. The summed E-state index contributed by atoms with van der Waals surface area (Å²) in [4.78, 5) is 11.8. The lowest BCUT2D eigenvalue weighted by atomic mass is 10.1. The lowest BCUT2D eigenvalue weighted by Crippen LogP contribution is -2.08. The average molecular weight is 271 g/mol. The van der Waals surface area contributed by atoms with E-state index in [0.717, 1.165) is 5.69 Å². The number of anilines is 2. The molecule has 0 aliphatic carbocycles. The Morgan fingerprint density at radius 3 is 2.55 bits per heavy atom. The minimum absolute atomic E-state index is 0.0967. The number of ether oxygens (including phenoxy) is 1. The van der Waals surface area contributed by atoms with Crippen LogP contribution in [0, 0.1) is 6.92 Å². The van der Waals surface area contributed by atoms with Crippen molar-refractivity contribution in [3.63, 3.8) is 0 Å². The molecule has 0 heterocycles. The number of nitrogens with one attached hydrogen (secondary N) is 1. The van der Waals surface area contributed by atoms with Gasteiger partial charge in [0.25, 0.3) is 0 Å². The Balaban J connectivity index is 2.37. The van der Waals surface area contributed by atoms with Crippen molar-refractivity contribution in [1.82, 2.24) is 0 Å². The standard InChI is InChI=1S/C16H17NO3/c1-3-20-16(19)13-9-10-14(18)15(11(13)2)17-12-7-5-4-6-8-12/h4-10,17-18H,3H2,1-2H3. The van der Waals surface area contributed by atoms with Crippen molar-refractivity contribution >= 4 is 17.3 Å². The molecule has 0 spiro atoms. The third kappa shape index (κ3) is 2.91. The van der Waals surface area contributed by atoms with Crippen molar-refractivity contribution in [2.75, 3.05) is 11.9 Å². The largest absolute Gasteiger partial charge is 0.506 e. The maximum absolute atomic E-state index is 11.8. The summed E-state index contributed by atoms with van der Waals surface area (Å²) in [6.07, 6.45) is 0. The Morgan fingerprint density at radius 1 is 1.20 bits per heavy atom. The number of rotatable bonds is 4. The molecular weight excluding hydrogens is 254 g/mol. The van der Waals surface area contributed by atoms with Crippen LogP contribution in [-0.4, -0.2) is 17.7 Å². The van der Waals surface area contributed by atoms with Gasteiger partial charge in [-0.1, -0.05) is 18.2 Å². The molecule has 104 valence electrons. The van der Waals surface area contributed by atoms with Crippen molar-refractivity contribution in [3.05, 3.63) is 53.6 Å². The molecule has 20 heavy (non-hydrogen) atoms. The summed E-state index contributed by atoms with van der Waals surface area (Å²) in [7, 11) is 0. The van der Waals surface area contributed by atoms with E-state index in [9.17, 15) is 9.90 Å². The molecule has 0 saturated heterocycles. The zero-order chi connectivity index (χ0) is 14.5. The van der Waals surface area contributed by atoms with Crippen molar-refractivity contribution in [1.29, 1.82) is 0 Å². The van der Waals surface area contributed by atoms with Crippen molar-refractivity contribution in [2.45, 2.75) is 13.8 Å². The highest BCUT2D eigenvalue weighted by molar-refractivity contribution is 5.94. The monoisotopic (exact) mass is 271 g/mol. The van der Waals surface area contributed by atoms with Crippen LogP contribution in [0.5, 0.6) is 5.75 Å². The lowest BCUT2D eigenvalue weighted by Gasteiger charge is -2.14. The fraction of sp³-hybridized carbons (Fsp3) is 0.188. The number of aromatic hydroxyl groups is 1. The molecule has 2 N–H and O–H groups in total. The van der Waals surface area contributed by atoms with E-state index in [1.165, 1.54) is 6.07 Å². The van der Waals surface area contributed by atoms with Crippen LogP contribution in [0.4, 0.5) is 11.4 Å². The molecule has 0 aliphatic rings. The predicted octanol–water partition coefficient (Wildman–Crippen LogP) is 3.62. The summed E-state index contributed by atoms with van der Waals surface area (Å²) < 4.78 is 5.01. The smallest absolute Gasteiger partial charge is 0.338 e. The molecule has 0 radical (unpaired) electrons. The first-order chi connectivity index (χ1) is 9.63. The topological polar surface area (TPSA) is 58.6 Å². The molecule has 0 saturated carbocycles. The minimum atomic E-state index is -0.388. The Hall–Kier alpha value is -2.49. The maximum Gasteiger partial charge on any atom is 0.338 e. The molecule has 0 fully saturated rings. The summed E-state index contributed by atoms with van der Waals surface area (Å²) >= 11 is 0. The number of phenolic OH excluding ortho intramolecular Hbond substituents is 1. The number of phenols is 1. The van der Waals surface area contributed by atoms with E-state index in [4.69, 9.17) is 4.74 Å². The van der Waals surface area contributed by atoms with Crippen LogP contribution < -0.4 is 5.32 Å². The highest BCUT2D eigenvalue weighted by Crippen LogP contribution is 2.32.